The van der Waals surface area contributed by atoms with Crippen LogP contribution in [-0.2, 0) is 14.8 Å². The summed E-state index contributed by atoms with van der Waals surface area (Å²) < 4.78 is 27.6. The van der Waals surface area contributed by atoms with Crippen molar-refractivity contribution < 1.29 is 13.2 Å². The molecule has 2 atom stereocenters. The van der Waals surface area contributed by atoms with Crippen molar-refractivity contribution in [1.29, 1.82) is 0 Å². The Bertz CT molecular complexity index is 1080. The zero-order valence-electron chi connectivity index (χ0n) is 20.5. The van der Waals surface area contributed by atoms with Crippen molar-refractivity contribution in [3.8, 4) is 0 Å². The molecule has 6 nitrogen and oxygen atoms in total. The Morgan fingerprint density at radius 1 is 0.971 bits per heavy atom. The third-order valence-corrected chi connectivity index (χ3v) is 9.19. The minimum Gasteiger partial charge on any atom is -0.372 e. The molecule has 0 unspecified atom stereocenters. The highest BCUT2D eigenvalue weighted by Gasteiger charge is 2.33. The Morgan fingerprint density at radius 3 is 2.26 bits per heavy atom. The Kier molecular flexibility index (Phi) is 7.63. The number of carbonyl (C=O) groups is 1. The third-order valence-electron chi connectivity index (χ3n) is 7.31. The van der Waals surface area contributed by atoms with Gasteiger partial charge in [0.25, 0.3) is 0 Å². The molecule has 1 N–H and O–H groups in total. The summed E-state index contributed by atoms with van der Waals surface area (Å²) in [6.07, 6.45) is 3.84. The molecule has 0 spiro atoms. The van der Waals surface area contributed by atoms with Crippen molar-refractivity contribution in [3.05, 3.63) is 59.7 Å². The normalized spacial score (nSPS) is 21.3. The van der Waals surface area contributed by atoms with Gasteiger partial charge in [0, 0.05) is 31.9 Å². The van der Waals surface area contributed by atoms with Crippen LogP contribution in [0.15, 0.2) is 53.4 Å². The van der Waals surface area contributed by atoms with Gasteiger partial charge < -0.3 is 10.2 Å². The van der Waals surface area contributed by atoms with E-state index < -0.39 is 10.0 Å². The van der Waals surface area contributed by atoms with Crippen molar-refractivity contribution >= 4 is 21.6 Å². The smallest absolute Gasteiger partial charge is 0.243 e. The number of nitrogens with zero attached hydrogens (tertiary/aromatic N) is 2. The van der Waals surface area contributed by atoms with Crippen molar-refractivity contribution in [1.82, 2.24) is 9.62 Å². The molecule has 2 aliphatic rings. The average Bonchev–Trinajstić information content (AvgIpc) is 2.85. The number of aryl methyl sites for hydroxylation is 1. The standard InChI is InChI=1S/C27H37N3O3S/c1-20-6-12-26(13-7-20)34(32,33)30-16-4-5-24(19-30)27(31)28-22(3)23-8-10-25(11-9-23)29-17-14-21(2)15-18-29/h6-13,21-22,24H,4-5,14-19H2,1-3H3,(H,28,31)/t22-,24-/m0/s1. The molecule has 0 aliphatic carbocycles. The fourth-order valence-electron chi connectivity index (χ4n) is 4.89. The van der Waals surface area contributed by atoms with Gasteiger partial charge in [0.1, 0.15) is 0 Å². The molecular weight excluding hydrogens is 446 g/mol. The average molecular weight is 484 g/mol. The molecule has 2 aliphatic heterocycles. The van der Waals surface area contributed by atoms with Gasteiger partial charge in [0.05, 0.1) is 16.9 Å². The molecule has 2 saturated heterocycles. The third kappa shape index (κ3) is 5.63. The summed E-state index contributed by atoms with van der Waals surface area (Å²) in [6.45, 7) is 9.09. The van der Waals surface area contributed by atoms with E-state index in [0.29, 0.717) is 19.4 Å². The van der Waals surface area contributed by atoms with Crippen molar-refractivity contribution in [2.75, 3.05) is 31.1 Å². The van der Waals surface area contributed by atoms with E-state index in [1.807, 2.05) is 13.8 Å². The Morgan fingerprint density at radius 2 is 1.62 bits per heavy atom. The van der Waals surface area contributed by atoms with Crippen molar-refractivity contribution in [2.45, 2.75) is 57.4 Å². The number of sulfonamides is 1. The van der Waals surface area contributed by atoms with Crippen LogP contribution in [0.3, 0.4) is 0 Å². The van der Waals surface area contributed by atoms with E-state index in [0.717, 1.165) is 30.1 Å². The van der Waals surface area contributed by atoms with Crippen LogP contribution in [0.1, 0.15) is 56.7 Å². The first-order valence-corrected chi connectivity index (χ1v) is 13.9. The largest absolute Gasteiger partial charge is 0.372 e. The summed E-state index contributed by atoms with van der Waals surface area (Å²) in [5, 5.41) is 3.12. The predicted molar refractivity (Wildman–Crippen MR) is 136 cm³/mol. The highest BCUT2D eigenvalue weighted by molar-refractivity contribution is 7.89. The minimum atomic E-state index is -3.60. The van der Waals surface area contributed by atoms with Gasteiger partial charge in [-0.05, 0) is 75.3 Å². The van der Waals surface area contributed by atoms with Gasteiger partial charge in [-0.15, -0.1) is 0 Å². The lowest BCUT2D eigenvalue weighted by atomic mass is 9.97. The van der Waals surface area contributed by atoms with Gasteiger partial charge in [-0.25, -0.2) is 8.42 Å². The molecule has 34 heavy (non-hydrogen) atoms. The predicted octanol–water partition coefficient (Wildman–Crippen LogP) is 4.51. The first-order valence-electron chi connectivity index (χ1n) is 12.5. The maximum absolute atomic E-state index is 13.1. The topological polar surface area (TPSA) is 69.7 Å². The van der Waals surface area contributed by atoms with Crippen LogP contribution in [0.25, 0.3) is 0 Å². The first kappa shape index (κ1) is 24.7. The van der Waals surface area contributed by atoms with E-state index in [-0.39, 0.29) is 29.3 Å². The number of piperidine rings is 2. The number of amides is 1. The number of nitrogens with one attached hydrogen (secondary N) is 1. The second-order valence-corrected chi connectivity index (χ2v) is 11.9. The molecule has 2 fully saturated rings. The van der Waals surface area contributed by atoms with Crippen LogP contribution in [0.4, 0.5) is 5.69 Å². The molecule has 184 valence electrons. The summed E-state index contributed by atoms with van der Waals surface area (Å²) in [5.74, 6) is 0.379. The summed E-state index contributed by atoms with van der Waals surface area (Å²) in [7, 11) is -3.60. The van der Waals surface area contributed by atoms with Gasteiger partial charge in [-0.2, -0.15) is 4.31 Å². The monoisotopic (exact) mass is 483 g/mol. The molecule has 0 radical (unpaired) electrons. The maximum Gasteiger partial charge on any atom is 0.243 e. The summed E-state index contributed by atoms with van der Waals surface area (Å²) in [5.41, 5.74) is 3.31. The summed E-state index contributed by atoms with van der Waals surface area (Å²) in [4.78, 5) is 15.8. The second-order valence-electron chi connectivity index (χ2n) is 10.0. The van der Waals surface area contributed by atoms with Crippen molar-refractivity contribution in [2.24, 2.45) is 11.8 Å². The van der Waals surface area contributed by atoms with E-state index >= 15 is 0 Å². The number of rotatable bonds is 6. The number of hydrogen-bond donors (Lipinski definition) is 1. The number of hydrogen-bond acceptors (Lipinski definition) is 4. The van der Waals surface area contributed by atoms with Crippen LogP contribution in [0.5, 0.6) is 0 Å². The number of anilines is 1. The highest BCUT2D eigenvalue weighted by atomic mass is 32.2. The zero-order chi connectivity index (χ0) is 24.3. The van der Waals surface area contributed by atoms with Gasteiger partial charge in [-0.3, -0.25) is 4.79 Å². The molecule has 0 aromatic heterocycles. The fourth-order valence-corrected chi connectivity index (χ4v) is 6.41. The molecule has 0 bridgehead atoms. The quantitative estimate of drug-likeness (QED) is 0.656. The second kappa shape index (κ2) is 10.5. The molecule has 2 heterocycles. The van der Waals surface area contributed by atoms with E-state index in [4.69, 9.17) is 0 Å². The Balaban J connectivity index is 1.36. The van der Waals surface area contributed by atoms with Crippen LogP contribution >= 0.6 is 0 Å². The SMILES string of the molecule is Cc1ccc(S(=O)(=O)N2CCC[C@H](C(=O)N[C@@H](C)c3ccc(N4CCC(C)CC4)cc3)C2)cc1. The maximum atomic E-state index is 13.1. The highest BCUT2D eigenvalue weighted by Crippen LogP contribution is 2.27. The van der Waals surface area contributed by atoms with Gasteiger partial charge in [0.2, 0.25) is 15.9 Å². The van der Waals surface area contributed by atoms with E-state index in [1.54, 1.807) is 24.3 Å². The summed E-state index contributed by atoms with van der Waals surface area (Å²) in [6, 6.07) is 15.2. The lowest BCUT2D eigenvalue weighted by molar-refractivity contribution is -0.126. The number of carbonyl (C=O) groups excluding carboxylic acids is 1. The van der Waals surface area contributed by atoms with E-state index in [1.165, 1.54) is 22.8 Å². The van der Waals surface area contributed by atoms with Crippen LogP contribution in [0, 0.1) is 18.8 Å². The van der Waals surface area contributed by atoms with Crippen LogP contribution in [0.2, 0.25) is 0 Å². The molecular formula is C27H37N3O3S. The lowest BCUT2D eigenvalue weighted by Gasteiger charge is -2.32. The molecule has 2 aromatic carbocycles. The molecule has 4 rings (SSSR count). The fraction of sp³-hybridized carbons (Fsp3) is 0.519. The van der Waals surface area contributed by atoms with Crippen LogP contribution in [-0.4, -0.2) is 44.8 Å². The van der Waals surface area contributed by atoms with E-state index in [2.05, 4.69) is 41.4 Å². The molecule has 2 aromatic rings. The summed E-state index contributed by atoms with van der Waals surface area (Å²) >= 11 is 0. The molecule has 7 heteroatoms. The molecule has 0 saturated carbocycles. The van der Waals surface area contributed by atoms with Gasteiger partial charge in [-0.1, -0.05) is 36.8 Å². The van der Waals surface area contributed by atoms with Crippen LogP contribution < -0.4 is 10.2 Å². The number of benzene rings is 2. The minimum absolute atomic E-state index is 0.0783. The van der Waals surface area contributed by atoms with Crippen molar-refractivity contribution in [3.63, 3.8) is 0 Å². The Hall–Kier alpha value is -2.38. The van der Waals surface area contributed by atoms with Gasteiger partial charge >= 0.3 is 0 Å². The molecule has 1 amide bonds. The zero-order valence-corrected chi connectivity index (χ0v) is 21.4. The first-order chi connectivity index (χ1) is 16.2. The van der Waals surface area contributed by atoms with E-state index in [9.17, 15) is 13.2 Å². The Labute approximate surface area is 204 Å². The van der Waals surface area contributed by atoms with Gasteiger partial charge in [0.15, 0.2) is 0 Å². The lowest BCUT2D eigenvalue weighted by Crippen LogP contribution is -2.45.